The Morgan fingerprint density at radius 1 is 1.14 bits per heavy atom. The second-order valence-corrected chi connectivity index (χ2v) is 11.1. The van der Waals surface area contributed by atoms with Crippen LogP contribution in [0.3, 0.4) is 0 Å². The molecule has 9 heteroatoms. The third-order valence-electron chi connectivity index (χ3n) is 4.80. The van der Waals surface area contributed by atoms with Crippen LogP contribution in [0.2, 0.25) is 0 Å². The van der Waals surface area contributed by atoms with E-state index < -0.39 is 42.5 Å². The van der Waals surface area contributed by atoms with Crippen molar-refractivity contribution in [1.82, 2.24) is 5.32 Å². The molecule has 2 unspecified atom stereocenters. The van der Waals surface area contributed by atoms with Gasteiger partial charge in [-0.05, 0) is 54.9 Å². The Hall–Kier alpha value is -1.97. The molecule has 152 valence electrons. The van der Waals surface area contributed by atoms with Crippen molar-refractivity contribution in [3.63, 3.8) is 0 Å². The predicted molar refractivity (Wildman–Crippen MR) is 105 cm³/mol. The van der Waals surface area contributed by atoms with Crippen LogP contribution in [0.4, 0.5) is 4.39 Å². The minimum absolute atomic E-state index is 0.0735. The number of halogens is 1. The second-order valence-electron chi connectivity index (χ2n) is 6.78. The molecule has 0 saturated carbocycles. The maximum absolute atomic E-state index is 13.1. The van der Waals surface area contributed by atoms with Gasteiger partial charge in [0.2, 0.25) is 0 Å². The van der Waals surface area contributed by atoms with Crippen LogP contribution < -0.4 is 10.1 Å². The van der Waals surface area contributed by atoms with E-state index in [-0.39, 0.29) is 10.6 Å². The van der Waals surface area contributed by atoms with Crippen molar-refractivity contribution in [1.29, 1.82) is 0 Å². The van der Waals surface area contributed by atoms with Gasteiger partial charge >= 0.3 is 0 Å². The van der Waals surface area contributed by atoms with Gasteiger partial charge in [0.05, 0.1) is 28.8 Å². The SMILES string of the molecule is COc1cccc(CCNC2CS(=O)(=O)CC2S(=O)(=O)c2ccc(F)cc2)c1. The third kappa shape index (κ3) is 4.71. The molecule has 2 aromatic carbocycles. The minimum Gasteiger partial charge on any atom is -0.497 e. The average Bonchev–Trinajstić information content (AvgIpc) is 2.97. The quantitative estimate of drug-likeness (QED) is 0.676. The minimum atomic E-state index is -3.91. The molecule has 2 aromatic rings. The molecule has 1 fully saturated rings. The van der Waals surface area contributed by atoms with Crippen molar-refractivity contribution in [2.75, 3.05) is 25.2 Å². The molecule has 1 N–H and O–H groups in total. The van der Waals surface area contributed by atoms with Crippen LogP contribution in [0, 0.1) is 5.82 Å². The van der Waals surface area contributed by atoms with Gasteiger partial charge in [0.25, 0.3) is 0 Å². The van der Waals surface area contributed by atoms with Gasteiger partial charge in [-0.1, -0.05) is 12.1 Å². The van der Waals surface area contributed by atoms with Crippen molar-refractivity contribution in [2.45, 2.75) is 22.6 Å². The summed E-state index contributed by atoms with van der Waals surface area (Å²) in [6, 6.07) is 11.2. The Bertz CT molecular complexity index is 1040. The number of nitrogens with one attached hydrogen (secondary N) is 1. The van der Waals surface area contributed by atoms with E-state index in [0.29, 0.717) is 13.0 Å². The molecule has 1 heterocycles. The molecule has 6 nitrogen and oxygen atoms in total. The van der Waals surface area contributed by atoms with Gasteiger partial charge in [0.1, 0.15) is 11.6 Å². The smallest absolute Gasteiger partial charge is 0.183 e. The highest BCUT2D eigenvalue weighted by molar-refractivity contribution is 7.96. The molecule has 3 rings (SSSR count). The first-order valence-corrected chi connectivity index (χ1v) is 12.1. The Morgan fingerprint density at radius 2 is 1.86 bits per heavy atom. The number of benzene rings is 2. The van der Waals surface area contributed by atoms with Crippen molar-refractivity contribution >= 4 is 19.7 Å². The van der Waals surface area contributed by atoms with E-state index in [0.717, 1.165) is 23.4 Å². The lowest BCUT2D eigenvalue weighted by Crippen LogP contribution is -2.44. The van der Waals surface area contributed by atoms with E-state index in [1.165, 1.54) is 12.1 Å². The fourth-order valence-corrected chi connectivity index (χ4v) is 8.06. The molecule has 1 aliphatic heterocycles. The first kappa shape index (κ1) is 20.8. The number of ether oxygens (including phenoxy) is 1. The highest BCUT2D eigenvalue weighted by atomic mass is 32.2. The van der Waals surface area contributed by atoms with Gasteiger partial charge in [0.15, 0.2) is 19.7 Å². The fraction of sp³-hybridized carbons (Fsp3) is 0.368. The Morgan fingerprint density at radius 3 is 2.54 bits per heavy atom. The van der Waals surface area contributed by atoms with Crippen molar-refractivity contribution in [2.24, 2.45) is 0 Å². The van der Waals surface area contributed by atoms with Crippen LogP contribution in [-0.2, 0) is 26.1 Å². The molecule has 0 bridgehead atoms. The molecule has 1 aliphatic rings. The maximum Gasteiger partial charge on any atom is 0.183 e. The summed E-state index contributed by atoms with van der Waals surface area (Å²) < 4.78 is 68.4. The summed E-state index contributed by atoms with van der Waals surface area (Å²) >= 11 is 0. The molecular formula is C19H22FNO5S2. The number of hydrogen-bond acceptors (Lipinski definition) is 6. The second kappa shape index (κ2) is 8.18. The summed E-state index contributed by atoms with van der Waals surface area (Å²) in [5.41, 5.74) is 0.991. The molecular weight excluding hydrogens is 405 g/mol. The Balaban J connectivity index is 1.74. The third-order valence-corrected chi connectivity index (χ3v) is 8.96. The molecule has 0 spiro atoms. The average molecular weight is 428 g/mol. The molecule has 0 aliphatic carbocycles. The Kier molecular flexibility index (Phi) is 6.07. The molecule has 0 aromatic heterocycles. The normalized spacial score (nSPS) is 21.5. The van der Waals surface area contributed by atoms with E-state index in [2.05, 4.69) is 5.32 Å². The van der Waals surface area contributed by atoms with Gasteiger partial charge in [-0.2, -0.15) is 0 Å². The van der Waals surface area contributed by atoms with Crippen molar-refractivity contribution < 1.29 is 26.0 Å². The highest BCUT2D eigenvalue weighted by Gasteiger charge is 2.45. The number of sulfone groups is 2. The molecule has 2 atom stereocenters. The van der Waals surface area contributed by atoms with Crippen LogP contribution in [0.1, 0.15) is 5.56 Å². The number of methoxy groups -OCH3 is 1. The maximum atomic E-state index is 13.1. The summed E-state index contributed by atoms with van der Waals surface area (Å²) in [7, 11) is -5.82. The zero-order valence-corrected chi connectivity index (χ0v) is 17.0. The van der Waals surface area contributed by atoms with E-state index in [1.807, 2.05) is 24.3 Å². The summed E-state index contributed by atoms with van der Waals surface area (Å²) in [4.78, 5) is -0.0735. The van der Waals surface area contributed by atoms with Gasteiger partial charge in [-0.15, -0.1) is 0 Å². The number of rotatable bonds is 7. The highest BCUT2D eigenvalue weighted by Crippen LogP contribution is 2.26. The summed E-state index contributed by atoms with van der Waals surface area (Å²) in [6.45, 7) is 0.419. The first-order chi connectivity index (χ1) is 13.2. The van der Waals surface area contributed by atoms with E-state index in [4.69, 9.17) is 4.74 Å². The largest absolute Gasteiger partial charge is 0.497 e. The fourth-order valence-electron chi connectivity index (χ4n) is 3.34. The van der Waals surface area contributed by atoms with Crippen molar-refractivity contribution in [3.05, 3.63) is 59.9 Å². The van der Waals surface area contributed by atoms with Crippen LogP contribution in [-0.4, -0.2) is 53.3 Å². The summed E-state index contributed by atoms with van der Waals surface area (Å²) in [5.74, 6) is -0.511. The molecule has 0 radical (unpaired) electrons. The lowest BCUT2D eigenvalue weighted by Gasteiger charge is -2.20. The first-order valence-electron chi connectivity index (χ1n) is 8.77. The van der Waals surface area contributed by atoms with E-state index in [9.17, 15) is 21.2 Å². The Labute approximate surface area is 164 Å². The zero-order chi connectivity index (χ0) is 20.4. The standard InChI is InChI=1S/C19H22FNO5S2/c1-26-16-4-2-3-14(11-16)9-10-21-18-12-27(22,23)13-19(18)28(24,25)17-7-5-15(20)6-8-17/h2-8,11,18-19,21H,9-10,12-13H2,1H3. The van der Waals surface area contributed by atoms with Crippen LogP contribution in [0.15, 0.2) is 53.4 Å². The topological polar surface area (TPSA) is 89.5 Å². The van der Waals surface area contributed by atoms with Crippen molar-refractivity contribution in [3.8, 4) is 5.75 Å². The van der Waals surface area contributed by atoms with E-state index in [1.54, 1.807) is 7.11 Å². The van der Waals surface area contributed by atoms with Crippen LogP contribution in [0.25, 0.3) is 0 Å². The zero-order valence-electron chi connectivity index (χ0n) is 15.3. The van der Waals surface area contributed by atoms with Gasteiger partial charge in [0, 0.05) is 6.04 Å². The lowest BCUT2D eigenvalue weighted by atomic mass is 10.1. The van der Waals surface area contributed by atoms with E-state index >= 15 is 0 Å². The van der Waals surface area contributed by atoms with Crippen LogP contribution >= 0.6 is 0 Å². The van der Waals surface area contributed by atoms with Crippen LogP contribution in [0.5, 0.6) is 5.75 Å². The summed E-state index contributed by atoms with van der Waals surface area (Å²) in [6.07, 6.45) is 0.594. The molecule has 0 amide bonds. The lowest BCUT2D eigenvalue weighted by molar-refractivity contribution is 0.414. The monoisotopic (exact) mass is 427 g/mol. The predicted octanol–water partition coefficient (Wildman–Crippen LogP) is 1.61. The van der Waals surface area contributed by atoms with Gasteiger partial charge in [-0.25, -0.2) is 21.2 Å². The molecule has 1 saturated heterocycles. The number of hydrogen-bond donors (Lipinski definition) is 1. The van der Waals surface area contributed by atoms with Gasteiger partial charge in [-0.3, -0.25) is 0 Å². The summed E-state index contributed by atoms with van der Waals surface area (Å²) in [5, 5.41) is 1.98. The van der Waals surface area contributed by atoms with Gasteiger partial charge < -0.3 is 10.1 Å². The molecule has 28 heavy (non-hydrogen) atoms.